The van der Waals surface area contributed by atoms with Gasteiger partial charge in [-0.3, -0.25) is 10.1 Å². The monoisotopic (exact) mass is 377 g/mol. The normalized spacial score (nSPS) is 11.9. The second-order valence-electron chi connectivity index (χ2n) is 5.94. The number of rotatable bonds is 6. The number of ether oxygens (including phenoxy) is 1. The number of nitrogens with zero attached hydrogens (tertiary/aromatic N) is 3. The highest BCUT2D eigenvalue weighted by molar-refractivity contribution is 8.00. The van der Waals surface area contributed by atoms with Crippen LogP contribution in [0.3, 0.4) is 0 Å². The molecule has 8 nitrogen and oxygen atoms in total. The molecule has 0 radical (unpaired) electrons. The zero-order chi connectivity index (χ0) is 19.3. The first-order valence-electron chi connectivity index (χ1n) is 8.14. The zero-order valence-corrected chi connectivity index (χ0v) is 16.3. The number of hydrogen-bond acceptors (Lipinski definition) is 6. The molecular formula is C17H23N5O3S. The molecule has 2 rings (SSSR count). The van der Waals surface area contributed by atoms with E-state index < -0.39 is 17.2 Å². The maximum Gasteiger partial charge on any atom is 0.321 e. The number of nitrogens with one attached hydrogen (secondary N) is 2. The number of urea groups is 1. The molecule has 0 saturated carbocycles. The van der Waals surface area contributed by atoms with Crippen LogP contribution in [-0.4, -0.2) is 45.1 Å². The Morgan fingerprint density at radius 1 is 1.19 bits per heavy atom. The number of amides is 3. The third kappa shape index (κ3) is 4.75. The fourth-order valence-electron chi connectivity index (χ4n) is 2.20. The van der Waals surface area contributed by atoms with Crippen LogP contribution in [0.15, 0.2) is 29.4 Å². The minimum atomic E-state index is -0.513. The van der Waals surface area contributed by atoms with E-state index in [1.807, 2.05) is 45.2 Å². The van der Waals surface area contributed by atoms with Gasteiger partial charge in [0.25, 0.3) is 0 Å². The summed E-state index contributed by atoms with van der Waals surface area (Å²) < 4.78 is 7.15. The quantitative estimate of drug-likeness (QED) is 0.749. The average Bonchev–Trinajstić information content (AvgIpc) is 2.94. The summed E-state index contributed by atoms with van der Waals surface area (Å²) in [7, 11) is 3.42. The van der Waals surface area contributed by atoms with Crippen molar-refractivity contribution in [2.45, 2.75) is 37.2 Å². The molecule has 2 aromatic rings. The summed E-state index contributed by atoms with van der Waals surface area (Å²) in [5, 5.41) is 13.4. The highest BCUT2D eigenvalue weighted by Crippen LogP contribution is 2.31. The number of methoxy groups -OCH3 is 1. The molecule has 0 bridgehead atoms. The molecule has 1 atom stereocenters. The maximum absolute atomic E-state index is 12.2. The van der Waals surface area contributed by atoms with Crippen molar-refractivity contribution in [1.29, 1.82) is 0 Å². The van der Waals surface area contributed by atoms with E-state index in [0.717, 1.165) is 5.56 Å². The van der Waals surface area contributed by atoms with E-state index in [9.17, 15) is 9.59 Å². The zero-order valence-electron chi connectivity index (χ0n) is 15.4. The molecule has 1 aromatic heterocycles. The molecule has 2 N–H and O–H groups in total. The van der Waals surface area contributed by atoms with E-state index in [1.165, 1.54) is 11.8 Å². The molecule has 3 amide bonds. The summed E-state index contributed by atoms with van der Waals surface area (Å²) in [5.74, 6) is 0.931. The SMILES string of the molecule is COc1ccccc1-c1nnc(S[C@@H](C)C(=O)NC(=O)NC(C)C)n1C. The van der Waals surface area contributed by atoms with Crippen molar-refractivity contribution in [2.24, 2.45) is 7.05 Å². The molecule has 0 aliphatic carbocycles. The van der Waals surface area contributed by atoms with Gasteiger partial charge >= 0.3 is 6.03 Å². The van der Waals surface area contributed by atoms with E-state index in [1.54, 1.807) is 18.6 Å². The fourth-order valence-corrected chi connectivity index (χ4v) is 3.02. The van der Waals surface area contributed by atoms with Crippen molar-refractivity contribution in [3.8, 4) is 17.1 Å². The standard InChI is InChI=1S/C17H23N5O3S/c1-10(2)18-16(24)19-15(23)11(3)26-17-21-20-14(22(17)4)12-8-6-7-9-13(12)25-5/h6-11H,1-5H3,(H2,18,19,23,24)/t11-/m0/s1. The van der Waals surface area contributed by atoms with Gasteiger partial charge in [0, 0.05) is 13.1 Å². The first-order valence-corrected chi connectivity index (χ1v) is 9.02. The highest BCUT2D eigenvalue weighted by Gasteiger charge is 2.22. The fraction of sp³-hybridized carbons (Fsp3) is 0.412. The summed E-state index contributed by atoms with van der Waals surface area (Å²) in [4.78, 5) is 23.8. The van der Waals surface area contributed by atoms with Gasteiger partial charge in [-0.05, 0) is 32.9 Å². The van der Waals surface area contributed by atoms with E-state index in [2.05, 4.69) is 20.8 Å². The van der Waals surface area contributed by atoms with Crippen LogP contribution < -0.4 is 15.4 Å². The molecule has 0 unspecified atom stereocenters. The molecule has 0 aliphatic heterocycles. The molecule has 9 heteroatoms. The Balaban J connectivity index is 2.10. The maximum atomic E-state index is 12.2. The van der Waals surface area contributed by atoms with Gasteiger partial charge in [0.1, 0.15) is 5.75 Å². The third-order valence-corrected chi connectivity index (χ3v) is 4.62. The van der Waals surface area contributed by atoms with Gasteiger partial charge in [0.05, 0.1) is 17.9 Å². The number of carbonyl (C=O) groups is 2. The van der Waals surface area contributed by atoms with Crippen LogP contribution in [0.2, 0.25) is 0 Å². The van der Waals surface area contributed by atoms with Crippen LogP contribution >= 0.6 is 11.8 Å². The van der Waals surface area contributed by atoms with Crippen LogP contribution in [0.5, 0.6) is 5.75 Å². The van der Waals surface area contributed by atoms with Gasteiger partial charge in [-0.2, -0.15) is 0 Å². The Kier molecular flexibility index (Phi) is 6.62. The molecule has 0 saturated heterocycles. The van der Waals surface area contributed by atoms with Gasteiger partial charge < -0.3 is 14.6 Å². The molecule has 1 heterocycles. The Hall–Kier alpha value is -2.55. The second kappa shape index (κ2) is 8.70. The summed E-state index contributed by atoms with van der Waals surface area (Å²) in [6.45, 7) is 5.35. The molecule has 0 spiro atoms. The summed E-state index contributed by atoms with van der Waals surface area (Å²) in [5.41, 5.74) is 0.810. The van der Waals surface area contributed by atoms with Crippen LogP contribution in [-0.2, 0) is 11.8 Å². The van der Waals surface area contributed by atoms with E-state index in [-0.39, 0.29) is 6.04 Å². The third-order valence-electron chi connectivity index (χ3n) is 3.49. The number of imide groups is 1. The summed E-state index contributed by atoms with van der Waals surface area (Å²) in [6.07, 6.45) is 0. The van der Waals surface area contributed by atoms with Gasteiger partial charge in [-0.15, -0.1) is 10.2 Å². The number of hydrogen-bond donors (Lipinski definition) is 2. The summed E-state index contributed by atoms with van der Waals surface area (Å²) in [6, 6.07) is 6.95. The minimum absolute atomic E-state index is 0.0482. The predicted octanol–water partition coefficient (Wildman–Crippen LogP) is 2.21. The smallest absolute Gasteiger partial charge is 0.321 e. The molecule has 140 valence electrons. The molecule has 26 heavy (non-hydrogen) atoms. The van der Waals surface area contributed by atoms with E-state index in [4.69, 9.17) is 4.74 Å². The van der Waals surface area contributed by atoms with Crippen LogP contribution in [0.1, 0.15) is 20.8 Å². The number of benzene rings is 1. The van der Waals surface area contributed by atoms with Gasteiger partial charge in [0.2, 0.25) is 5.91 Å². The van der Waals surface area contributed by atoms with E-state index >= 15 is 0 Å². The van der Waals surface area contributed by atoms with Crippen LogP contribution in [0, 0.1) is 0 Å². The first kappa shape index (κ1) is 19.8. The number of para-hydroxylation sites is 1. The van der Waals surface area contributed by atoms with Crippen molar-refractivity contribution >= 4 is 23.7 Å². The molecule has 1 aromatic carbocycles. The average molecular weight is 377 g/mol. The van der Waals surface area contributed by atoms with Crippen molar-refractivity contribution < 1.29 is 14.3 Å². The Morgan fingerprint density at radius 2 is 1.88 bits per heavy atom. The van der Waals surface area contributed by atoms with Crippen molar-refractivity contribution in [3.05, 3.63) is 24.3 Å². The summed E-state index contributed by atoms with van der Waals surface area (Å²) >= 11 is 1.22. The van der Waals surface area contributed by atoms with Crippen LogP contribution in [0.4, 0.5) is 4.79 Å². The van der Waals surface area contributed by atoms with Crippen molar-refractivity contribution in [1.82, 2.24) is 25.4 Å². The minimum Gasteiger partial charge on any atom is -0.496 e. The lowest BCUT2D eigenvalue weighted by molar-refractivity contribution is -0.119. The van der Waals surface area contributed by atoms with Gasteiger partial charge in [-0.25, -0.2) is 4.79 Å². The lowest BCUT2D eigenvalue weighted by Crippen LogP contribution is -2.45. The molecular weight excluding hydrogens is 354 g/mol. The lowest BCUT2D eigenvalue weighted by Gasteiger charge is -2.13. The Bertz CT molecular complexity index is 790. The van der Waals surface area contributed by atoms with Crippen LogP contribution in [0.25, 0.3) is 11.4 Å². The molecule has 0 aliphatic rings. The number of aromatic nitrogens is 3. The predicted molar refractivity (Wildman–Crippen MR) is 100 cm³/mol. The number of thioether (sulfide) groups is 1. The highest BCUT2D eigenvalue weighted by atomic mass is 32.2. The van der Waals surface area contributed by atoms with E-state index in [0.29, 0.717) is 16.7 Å². The first-order chi connectivity index (χ1) is 12.3. The lowest BCUT2D eigenvalue weighted by atomic mass is 10.2. The Labute approximate surface area is 156 Å². The second-order valence-corrected chi connectivity index (χ2v) is 7.25. The number of carbonyl (C=O) groups excluding carboxylic acids is 2. The van der Waals surface area contributed by atoms with Gasteiger partial charge in [-0.1, -0.05) is 23.9 Å². The van der Waals surface area contributed by atoms with Crippen molar-refractivity contribution in [3.63, 3.8) is 0 Å². The molecule has 0 fully saturated rings. The topological polar surface area (TPSA) is 98.1 Å². The van der Waals surface area contributed by atoms with Gasteiger partial charge in [0.15, 0.2) is 11.0 Å². The Morgan fingerprint density at radius 3 is 2.54 bits per heavy atom. The largest absolute Gasteiger partial charge is 0.496 e. The van der Waals surface area contributed by atoms with Crippen molar-refractivity contribution in [2.75, 3.05) is 7.11 Å².